The quantitative estimate of drug-likeness (QED) is 0.607. The molecule has 0 radical (unpaired) electrons. The highest BCUT2D eigenvalue weighted by atomic mass is 79.9. The van der Waals surface area contributed by atoms with Crippen molar-refractivity contribution < 1.29 is 4.74 Å². The zero-order valence-electron chi connectivity index (χ0n) is 12.8. The van der Waals surface area contributed by atoms with E-state index in [-0.39, 0.29) is 0 Å². The van der Waals surface area contributed by atoms with Crippen molar-refractivity contribution in [1.82, 2.24) is 0 Å². The second kappa shape index (κ2) is 8.19. The monoisotopic (exact) mass is 338 g/mol. The summed E-state index contributed by atoms with van der Waals surface area (Å²) in [6.07, 6.45) is 7.81. The first-order valence-corrected chi connectivity index (χ1v) is 8.91. The predicted molar refractivity (Wildman–Crippen MR) is 89.5 cm³/mol. The van der Waals surface area contributed by atoms with Gasteiger partial charge in [0.1, 0.15) is 0 Å². The van der Waals surface area contributed by atoms with E-state index < -0.39 is 0 Å². The second-order valence-corrected chi connectivity index (χ2v) is 7.48. The Kier molecular flexibility index (Phi) is 6.57. The van der Waals surface area contributed by atoms with E-state index in [0.717, 1.165) is 18.9 Å². The summed E-state index contributed by atoms with van der Waals surface area (Å²) in [5, 5.41) is 0. The summed E-state index contributed by atoms with van der Waals surface area (Å²) >= 11 is 3.83. The maximum atomic E-state index is 5.81. The Labute approximate surface area is 132 Å². The third-order valence-corrected chi connectivity index (χ3v) is 4.99. The molecule has 2 rings (SSSR count). The Hall–Kier alpha value is -0.340. The van der Waals surface area contributed by atoms with Gasteiger partial charge in [0.2, 0.25) is 0 Å². The van der Waals surface area contributed by atoms with E-state index >= 15 is 0 Å². The second-order valence-electron chi connectivity index (χ2n) is 6.37. The van der Waals surface area contributed by atoms with Gasteiger partial charge in [-0.2, -0.15) is 0 Å². The van der Waals surface area contributed by atoms with Crippen molar-refractivity contribution in [3.8, 4) is 0 Å². The molecule has 1 saturated heterocycles. The molecule has 1 aliphatic heterocycles. The Balaban J connectivity index is 1.80. The van der Waals surface area contributed by atoms with Crippen LogP contribution in [0.1, 0.15) is 61.9 Å². The highest BCUT2D eigenvalue weighted by molar-refractivity contribution is 9.09. The average molecular weight is 339 g/mol. The van der Waals surface area contributed by atoms with Crippen LogP contribution in [-0.4, -0.2) is 12.7 Å². The maximum absolute atomic E-state index is 5.81. The smallest absolute Gasteiger partial charge is 0.0575 e. The SMILES string of the molecule is CC(C)Cc1ccc(C(Br)CCC2CCCCO2)cc1. The fourth-order valence-corrected chi connectivity index (χ4v) is 3.44. The number of benzene rings is 1. The van der Waals surface area contributed by atoms with Gasteiger partial charge in [-0.05, 0) is 55.6 Å². The van der Waals surface area contributed by atoms with Crippen LogP contribution in [0.15, 0.2) is 24.3 Å². The average Bonchev–Trinajstić information content (AvgIpc) is 2.46. The Morgan fingerprint density at radius 2 is 1.95 bits per heavy atom. The zero-order chi connectivity index (χ0) is 14.4. The van der Waals surface area contributed by atoms with Crippen molar-refractivity contribution in [2.75, 3.05) is 6.61 Å². The van der Waals surface area contributed by atoms with E-state index in [0.29, 0.717) is 10.9 Å². The zero-order valence-corrected chi connectivity index (χ0v) is 14.4. The molecule has 0 amide bonds. The van der Waals surface area contributed by atoms with Gasteiger partial charge in [-0.25, -0.2) is 0 Å². The Morgan fingerprint density at radius 1 is 1.20 bits per heavy atom. The van der Waals surface area contributed by atoms with Gasteiger partial charge in [0.25, 0.3) is 0 Å². The normalized spacial score (nSPS) is 21.1. The van der Waals surface area contributed by atoms with E-state index in [1.54, 1.807) is 0 Å². The molecule has 2 heteroatoms. The number of hydrogen-bond acceptors (Lipinski definition) is 1. The molecular formula is C18H27BrO. The highest BCUT2D eigenvalue weighted by Crippen LogP contribution is 2.30. The molecule has 0 N–H and O–H groups in total. The maximum Gasteiger partial charge on any atom is 0.0575 e. The predicted octanol–water partition coefficient (Wildman–Crippen LogP) is 5.67. The lowest BCUT2D eigenvalue weighted by molar-refractivity contribution is 0.0102. The fraction of sp³-hybridized carbons (Fsp3) is 0.667. The molecule has 0 saturated carbocycles. The summed E-state index contributed by atoms with van der Waals surface area (Å²) < 4.78 is 5.81. The van der Waals surface area contributed by atoms with Gasteiger partial charge in [0.05, 0.1) is 6.10 Å². The molecular weight excluding hydrogens is 312 g/mol. The lowest BCUT2D eigenvalue weighted by atomic mass is 9.98. The van der Waals surface area contributed by atoms with Gasteiger partial charge in [0, 0.05) is 11.4 Å². The molecule has 20 heavy (non-hydrogen) atoms. The van der Waals surface area contributed by atoms with Crippen molar-refractivity contribution in [3.63, 3.8) is 0 Å². The first kappa shape index (κ1) is 16.0. The van der Waals surface area contributed by atoms with Crippen molar-refractivity contribution in [1.29, 1.82) is 0 Å². The van der Waals surface area contributed by atoms with Crippen molar-refractivity contribution in [3.05, 3.63) is 35.4 Å². The number of alkyl halides is 1. The van der Waals surface area contributed by atoms with Crippen LogP contribution in [0, 0.1) is 5.92 Å². The molecule has 0 bridgehead atoms. The molecule has 1 aromatic carbocycles. The summed E-state index contributed by atoms with van der Waals surface area (Å²) in [6, 6.07) is 9.11. The molecule has 112 valence electrons. The van der Waals surface area contributed by atoms with E-state index in [1.165, 1.54) is 43.2 Å². The van der Waals surface area contributed by atoms with Crippen LogP contribution >= 0.6 is 15.9 Å². The standard InChI is InChI=1S/C18H27BrO/c1-14(2)13-15-6-8-16(9-7-15)18(19)11-10-17-5-3-4-12-20-17/h6-9,14,17-18H,3-5,10-13H2,1-2H3. The van der Waals surface area contributed by atoms with Crippen molar-refractivity contribution in [2.45, 2.75) is 63.3 Å². The van der Waals surface area contributed by atoms with Crippen molar-refractivity contribution >= 4 is 15.9 Å². The fourth-order valence-electron chi connectivity index (χ4n) is 2.87. The summed E-state index contributed by atoms with van der Waals surface area (Å²) in [7, 11) is 0. The van der Waals surface area contributed by atoms with Crippen LogP contribution in [0.5, 0.6) is 0 Å². The first-order chi connectivity index (χ1) is 9.65. The number of halogens is 1. The molecule has 1 aromatic rings. The lowest BCUT2D eigenvalue weighted by Gasteiger charge is -2.23. The van der Waals surface area contributed by atoms with E-state index in [2.05, 4.69) is 54.0 Å². The Morgan fingerprint density at radius 3 is 2.55 bits per heavy atom. The molecule has 0 aliphatic carbocycles. The van der Waals surface area contributed by atoms with Gasteiger partial charge in [-0.1, -0.05) is 54.0 Å². The lowest BCUT2D eigenvalue weighted by Crippen LogP contribution is -2.19. The summed E-state index contributed by atoms with van der Waals surface area (Å²) in [4.78, 5) is 0.459. The summed E-state index contributed by atoms with van der Waals surface area (Å²) in [5.74, 6) is 0.726. The van der Waals surface area contributed by atoms with Gasteiger partial charge < -0.3 is 4.74 Å². The Bertz CT molecular complexity index is 379. The third-order valence-electron chi connectivity index (χ3n) is 4.00. The van der Waals surface area contributed by atoms with Crippen LogP contribution in [0.2, 0.25) is 0 Å². The van der Waals surface area contributed by atoms with Gasteiger partial charge in [0.15, 0.2) is 0 Å². The number of hydrogen-bond donors (Lipinski definition) is 0. The summed E-state index contributed by atoms with van der Waals surface area (Å²) in [5.41, 5.74) is 2.84. The number of ether oxygens (including phenoxy) is 1. The first-order valence-electron chi connectivity index (χ1n) is 7.99. The summed E-state index contributed by atoms with van der Waals surface area (Å²) in [6.45, 7) is 5.50. The largest absolute Gasteiger partial charge is 0.378 e. The minimum Gasteiger partial charge on any atom is -0.378 e. The molecule has 1 fully saturated rings. The van der Waals surface area contributed by atoms with Crippen LogP contribution < -0.4 is 0 Å². The molecule has 1 nitrogen and oxygen atoms in total. The molecule has 2 unspecified atom stereocenters. The molecule has 1 aliphatic rings. The number of rotatable bonds is 6. The van der Waals surface area contributed by atoms with Gasteiger partial charge in [-0.15, -0.1) is 0 Å². The van der Waals surface area contributed by atoms with Crippen LogP contribution in [0.3, 0.4) is 0 Å². The van der Waals surface area contributed by atoms with Crippen LogP contribution in [0.25, 0.3) is 0 Å². The van der Waals surface area contributed by atoms with Crippen LogP contribution in [-0.2, 0) is 11.2 Å². The molecule has 2 atom stereocenters. The molecule has 0 aromatic heterocycles. The molecule has 0 spiro atoms. The van der Waals surface area contributed by atoms with E-state index in [4.69, 9.17) is 4.74 Å². The van der Waals surface area contributed by atoms with E-state index in [9.17, 15) is 0 Å². The van der Waals surface area contributed by atoms with Gasteiger partial charge >= 0.3 is 0 Å². The van der Waals surface area contributed by atoms with Gasteiger partial charge in [-0.3, -0.25) is 0 Å². The third kappa shape index (κ3) is 5.21. The minimum atomic E-state index is 0.459. The van der Waals surface area contributed by atoms with E-state index in [1.807, 2.05) is 0 Å². The molecule has 1 heterocycles. The van der Waals surface area contributed by atoms with Crippen molar-refractivity contribution in [2.24, 2.45) is 5.92 Å². The minimum absolute atomic E-state index is 0.459. The highest BCUT2D eigenvalue weighted by Gasteiger charge is 2.16. The topological polar surface area (TPSA) is 9.23 Å². The van der Waals surface area contributed by atoms with Crippen LogP contribution in [0.4, 0.5) is 0 Å².